The van der Waals surface area contributed by atoms with Crippen molar-refractivity contribution in [3.63, 3.8) is 0 Å². The van der Waals surface area contributed by atoms with Gasteiger partial charge in [-0.1, -0.05) is 11.2 Å². The molecular formula is C18H18N4O3. The first-order valence-electron chi connectivity index (χ1n) is 7.83. The third-order valence-electron chi connectivity index (χ3n) is 3.74. The number of hydrogen-bond acceptors (Lipinski definition) is 6. The van der Waals surface area contributed by atoms with Gasteiger partial charge in [-0.05, 0) is 31.0 Å². The molecule has 3 aromatic heterocycles. The van der Waals surface area contributed by atoms with Crippen molar-refractivity contribution in [2.75, 3.05) is 13.7 Å². The lowest BCUT2D eigenvalue weighted by Crippen LogP contribution is -2.26. The van der Waals surface area contributed by atoms with Crippen LogP contribution in [0.4, 0.5) is 0 Å². The van der Waals surface area contributed by atoms with Crippen LogP contribution in [-0.2, 0) is 6.42 Å². The molecule has 3 rings (SSSR count). The van der Waals surface area contributed by atoms with Crippen LogP contribution >= 0.6 is 0 Å². The van der Waals surface area contributed by atoms with Gasteiger partial charge in [-0.2, -0.15) is 0 Å². The smallest absolute Gasteiger partial charge is 0.257 e. The van der Waals surface area contributed by atoms with Crippen molar-refractivity contribution < 1.29 is 14.1 Å². The molecule has 3 heterocycles. The highest BCUT2D eigenvalue weighted by Crippen LogP contribution is 2.25. The zero-order valence-corrected chi connectivity index (χ0v) is 14.0. The van der Waals surface area contributed by atoms with Crippen molar-refractivity contribution in [3.05, 3.63) is 59.7 Å². The first-order valence-corrected chi connectivity index (χ1v) is 7.83. The van der Waals surface area contributed by atoms with Gasteiger partial charge in [-0.3, -0.25) is 9.78 Å². The normalized spacial score (nSPS) is 10.5. The third kappa shape index (κ3) is 3.82. The van der Waals surface area contributed by atoms with E-state index in [-0.39, 0.29) is 5.91 Å². The van der Waals surface area contributed by atoms with Gasteiger partial charge in [0.15, 0.2) is 5.76 Å². The quantitative estimate of drug-likeness (QED) is 0.742. The van der Waals surface area contributed by atoms with Gasteiger partial charge in [0, 0.05) is 36.8 Å². The van der Waals surface area contributed by atoms with Crippen LogP contribution in [0, 0.1) is 6.92 Å². The van der Waals surface area contributed by atoms with Crippen LogP contribution in [0.3, 0.4) is 0 Å². The van der Waals surface area contributed by atoms with E-state index >= 15 is 0 Å². The van der Waals surface area contributed by atoms with E-state index < -0.39 is 0 Å². The van der Waals surface area contributed by atoms with Crippen molar-refractivity contribution in [3.8, 4) is 17.2 Å². The van der Waals surface area contributed by atoms with E-state index in [4.69, 9.17) is 9.26 Å². The molecule has 25 heavy (non-hydrogen) atoms. The van der Waals surface area contributed by atoms with Gasteiger partial charge >= 0.3 is 0 Å². The molecule has 0 radical (unpaired) electrons. The minimum atomic E-state index is -0.216. The first-order chi connectivity index (χ1) is 12.2. The highest BCUT2D eigenvalue weighted by Gasteiger charge is 2.21. The van der Waals surface area contributed by atoms with Crippen LogP contribution in [0.25, 0.3) is 11.3 Å². The maximum Gasteiger partial charge on any atom is 0.257 e. The average molecular weight is 338 g/mol. The second-order valence-electron chi connectivity index (χ2n) is 5.42. The highest BCUT2D eigenvalue weighted by molar-refractivity contribution is 6.00. The largest absolute Gasteiger partial charge is 0.481 e. The van der Waals surface area contributed by atoms with E-state index in [9.17, 15) is 4.79 Å². The number of pyridine rings is 2. The molecule has 1 amide bonds. The molecule has 0 bridgehead atoms. The second-order valence-corrected chi connectivity index (χ2v) is 5.42. The summed E-state index contributed by atoms with van der Waals surface area (Å²) in [6.45, 7) is 2.23. The number of rotatable bonds is 6. The fourth-order valence-corrected chi connectivity index (χ4v) is 2.43. The van der Waals surface area contributed by atoms with Gasteiger partial charge < -0.3 is 14.6 Å². The van der Waals surface area contributed by atoms with Crippen LogP contribution in [0.1, 0.15) is 21.6 Å². The van der Waals surface area contributed by atoms with Crippen LogP contribution in [0.15, 0.2) is 47.4 Å². The molecule has 7 heteroatoms. The van der Waals surface area contributed by atoms with Gasteiger partial charge in [0.2, 0.25) is 5.88 Å². The number of nitrogens with one attached hydrogen (secondary N) is 1. The van der Waals surface area contributed by atoms with Gasteiger partial charge in [0.1, 0.15) is 5.56 Å². The zero-order valence-electron chi connectivity index (χ0n) is 14.0. The molecule has 0 aromatic carbocycles. The molecule has 0 spiro atoms. The Morgan fingerprint density at radius 1 is 1.24 bits per heavy atom. The Morgan fingerprint density at radius 3 is 2.72 bits per heavy atom. The number of aryl methyl sites for hydroxylation is 1. The van der Waals surface area contributed by atoms with Gasteiger partial charge in [0.05, 0.1) is 12.8 Å². The summed E-state index contributed by atoms with van der Waals surface area (Å²) in [5, 5.41) is 6.82. The minimum Gasteiger partial charge on any atom is -0.481 e. The van der Waals surface area contributed by atoms with E-state index in [2.05, 4.69) is 20.4 Å². The fourth-order valence-electron chi connectivity index (χ4n) is 2.43. The summed E-state index contributed by atoms with van der Waals surface area (Å²) >= 11 is 0. The fraction of sp³-hybridized carbons (Fsp3) is 0.222. The van der Waals surface area contributed by atoms with Gasteiger partial charge in [-0.25, -0.2) is 4.98 Å². The monoisotopic (exact) mass is 338 g/mol. The zero-order chi connectivity index (χ0) is 17.6. The average Bonchev–Trinajstić information content (AvgIpc) is 3.04. The number of hydrogen-bond donors (Lipinski definition) is 1. The molecule has 0 saturated carbocycles. The number of amides is 1. The number of aromatic nitrogens is 3. The van der Waals surface area contributed by atoms with Crippen molar-refractivity contribution >= 4 is 5.91 Å². The summed E-state index contributed by atoms with van der Waals surface area (Å²) in [6.07, 6.45) is 5.69. The summed E-state index contributed by atoms with van der Waals surface area (Å²) in [5.74, 6) is 0.797. The summed E-state index contributed by atoms with van der Waals surface area (Å²) in [7, 11) is 1.57. The maximum atomic E-state index is 12.5. The molecule has 0 atom stereocenters. The van der Waals surface area contributed by atoms with E-state index in [1.54, 1.807) is 50.8 Å². The highest BCUT2D eigenvalue weighted by atomic mass is 16.5. The van der Waals surface area contributed by atoms with Crippen molar-refractivity contribution in [2.24, 2.45) is 0 Å². The van der Waals surface area contributed by atoms with Crippen LogP contribution in [-0.4, -0.2) is 34.7 Å². The molecule has 0 aliphatic rings. The lowest BCUT2D eigenvalue weighted by Gasteiger charge is -2.06. The third-order valence-corrected chi connectivity index (χ3v) is 3.74. The standard InChI is InChI=1S/C18H18N4O3/c1-12-16(17(25-22-12)14-6-8-19-9-7-14)18(23)20-10-5-13-3-4-15(24-2)21-11-13/h3-4,6-9,11H,5,10H2,1-2H3,(H,20,23). The van der Waals surface area contributed by atoms with E-state index in [1.807, 2.05) is 6.07 Å². The number of ether oxygens (including phenoxy) is 1. The van der Waals surface area contributed by atoms with E-state index in [1.165, 1.54) is 0 Å². The second kappa shape index (κ2) is 7.57. The Bertz CT molecular complexity index is 845. The van der Waals surface area contributed by atoms with Crippen LogP contribution in [0.5, 0.6) is 5.88 Å². The number of nitrogens with zero attached hydrogens (tertiary/aromatic N) is 3. The van der Waals surface area contributed by atoms with Crippen molar-refractivity contribution in [1.29, 1.82) is 0 Å². The predicted octanol–water partition coefficient (Wildman–Crippen LogP) is 2.42. The topological polar surface area (TPSA) is 90.1 Å². The lowest BCUT2D eigenvalue weighted by molar-refractivity contribution is 0.0954. The Balaban J connectivity index is 1.66. The summed E-state index contributed by atoms with van der Waals surface area (Å²) < 4.78 is 10.4. The summed E-state index contributed by atoms with van der Waals surface area (Å²) in [6, 6.07) is 7.27. The summed E-state index contributed by atoms with van der Waals surface area (Å²) in [4.78, 5) is 20.7. The van der Waals surface area contributed by atoms with Gasteiger partial charge in [-0.15, -0.1) is 0 Å². The molecule has 0 unspecified atom stereocenters. The number of carbonyl (C=O) groups is 1. The molecule has 0 aliphatic carbocycles. The molecule has 0 saturated heterocycles. The Morgan fingerprint density at radius 2 is 2.04 bits per heavy atom. The Labute approximate surface area is 145 Å². The molecule has 3 aromatic rings. The Hall–Kier alpha value is -3.22. The molecule has 1 N–H and O–H groups in total. The summed E-state index contributed by atoms with van der Waals surface area (Å²) in [5.41, 5.74) is 2.77. The van der Waals surface area contributed by atoms with Crippen molar-refractivity contribution in [1.82, 2.24) is 20.4 Å². The lowest BCUT2D eigenvalue weighted by atomic mass is 10.1. The molecule has 128 valence electrons. The van der Waals surface area contributed by atoms with E-state index in [0.717, 1.165) is 11.1 Å². The minimum absolute atomic E-state index is 0.216. The van der Waals surface area contributed by atoms with Gasteiger partial charge in [0.25, 0.3) is 5.91 Å². The number of methoxy groups -OCH3 is 1. The van der Waals surface area contributed by atoms with Crippen molar-refractivity contribution in [2.45, 2.75) is 13.3 Å². The van der Waals surface area contributed by atoms with E-state index in [0.29, 0.717) is 35.9 Å². The van der Waals surface area contributed by atoms with Crippen LogP contribution < -0.4 is 10.1 Å². The molecule has 0 fully saturated rings. The number of carbonyl (C=O) groups excluding carboxylic acids is 1. The molecular weight excluding hydrogens is 320 g/mol. The predicted molar refractivity (Wildman–Crippen MR) is 91.3 cm³/mol. The molecule has 7 nitrogen and oxygen atoms in total. The first kappa shape index (κ1) is 16.6. The van der Waals surface area contributed by atoms with Crippen LogP contribution in [0.2, 0.25) is 0 Å². The Kier molecular flexibility index (Phi) is 5.03. The maximum absolute atomic E-state index is 12.5. The SMILES string of the molecule is COc1ccc(CCNC(=O)c2c(C)noc2-c2ccncc2)cn1. The molecule has 0 aliphatic heterocycles.